The van der Waals surface area contributed by atoms with E-state index in [-0.39, 0.29) is 6.61 Å². The first-order valence-electron chi connectivity index (χ1n) is 8.64. The van der Waals surface area contributed by atoms with Crippen LogP contribution in [0.3, 0.4) is 0 Å². The molecule has 1 heterocycles. The van der Waals surface area contributed by atoms with Crippen molar-refractivity contribution in [3.8, 4) is 0 Å². The van der Waals surface area contributed by atoms with Gasteiger partial charge in [0.2, 0.25) is 0 Å². The molecular weight excluding hydrogens is 356 g/mol. The maximum absolute atomic E-state index is 12.7. The summed E-state index contributed by atoms with van der Waals surface area (Å²) in [4.78, 5) is 51.5. The van der Waals surface area contributed by atoms with E-state index in [0.717, 1.165) is 16.0 Å². The van der Waals surface area contributed by atoms with Crippen molar-refractivity contribution >= 4 is 23.9 Å². The predicted octanol–water partition coefficient (Wildman–Crippen LogP) is 2.45. The first kappa shape index (κ1) is 22.5. The lowest BCUT2D eigenvalue weighted by Gasteiger charge is -2.28. The number of amides is 2. The molecule has 0 saturated heterocycles. The summed E-state index contributed by atoms with van der Waals surface area (Å²) in [7, 11) is 0. The number of carbonyl (C=O) groups excluding carboxylic acids is 4. The van der Waals surface area contributed by atoms with Crippen molar-refractivity contribution < 1.29 is 33.4 Å². The maximum Gasteiger partial charge on any atom is 0.415 e. The van der Waals surface area contributed by atoms with Crippen LogP contribution in [-0.2, 0) is 23.8 Å². The Morgan fingerprint density at radius 2 is 1.52 bits per heavy atom. The third kappa shape index (κ3) is 6.92. The van der Waals surface area contributed by atoms with E-state index in [1.54, 1.807) is 48.5 Å². The summed E-state index contributed by atoms with van der Waals surface area (Å²) in [5, 5.41) is 0. The van der Waals surface area contributed by atoms with Crippen molar-refractivity contribution in [2.24, 2.45) is 0 Å². The second kappa shape index (κ2) is 8.41. The van der Waals surface area contributed by atoms with Gasteiger partial charge in [0.25, 0.3) is 0 Å². The van der Waals surface area contributed by atoms with Gasteiger partial charge < -0.3 is 14.2 Å². The van der Waals surface area contributed by atoms with Crippen LogP contribution in [0.4, 0.5) is 9.59 Å². The Bertz CT molecular complexity index is 629. The van der Waals surface area contributed by atoms with E-state index >= 15 is 0 Å². The number of carbonyl (C=O) groups is 4. The molecule has 1 aliphatic rings. The molecule has 0 bridgehead atoms. The Morgan fingerprint density at radius 1 is 1.00 bits per heavy atom. The smallest absolute Gasteiger partial charge is 0.415 e. The SMILES string of the molecule is CCOC(=O)C1C(=O)CN(C(=O)OC(C)(C)C)C=CN1C(=O)OC(C)(C)C. The molecule has 9 nitrogen and oxygen atoms in total. The van der Waals surface area contributed by atoms with E-state index in [0.29, 0.717) is 0 Å². The van der Waals surface area contributed by atoms with Crippen molar-refractivity contribution in [1.82, 2.24) is 9.80 Å². The zero-order chi connectivity index (χ0) is 21.0. The summed E-state index contributed by atoms with van der Waals surface area (Å²) in [5.41, 5.74) is -1.62. The van der Waals surface area contributed by atoms with Crippen LogP contribution in [0, 0.1) is 0 Å². The Balaban J connectivity index is 3.18. The lowest BCUT2D eigenvalue weighted by molar-refractivity contribution is -0.151. The molecule has 0 N–H and O–H groups in total. The monoisotopic (exact) mass is 384 g/mol. The van der Waals surface area contributed by atoms with Crippen molar-refractivity contribution in [2.45, 2.75) is 65.7 Å². The van der Waals surface area contributed by atoms with Crippen LogP contribution in [0.5, 0.6) is 0 Å². The van der Waals surface area contributed by atoms with Crippen LogP contribution in [0.2, 0.25) is 0 Å². The summed E-state index contributed by atoms with van der Waals surface area (Å²) in [6.45, 7) is 11.2. The number of hydrogen-bond acceptors (Lipinski definition) is 7. The molecule has 152 valence electrons. The van der Waals surface area contributed by atoms with Gasteiger partial charge in [-0.3, -0.25) is 14.6 Å². The van der Waals surface area contributed by atoms with Crippen LogP contribution in [0.15, 0.2) is 12.4 Å². The fourth-order valence-corrected chi connectivity index (χ4v) is 2.09. The summed E-state index contributed by atoms with van der Waals surface area (Å²) in [6, 6.07) is -1.55. The van der Waals surface area contributed by atoms with Gasteiger partial charge in [0, 0.05) is 12.4 Å². The number of ether oxygens (including phenoxy) is 3. The number of hydrogen-bond donors (Lipinski definition) is 0. The van der Waals surface area contributed by atoms with E-state index in [1.807, 2.05) is 0 Å². The van der Waals surface area contributed by atoms with Gasteiger partial charge in [0.1, 0.15) is 11.2 Å². The van der Waals surface area contributed by atoms with Crippen LogP contribution >= 0.6 is 0 Å². The minimum Gasteiger partial charge on any atom is -0.464 e. The van der Waals surface area contributed by atoms with E-state index in [2.05, 4.69) is 0 Å². The van der Waals surface area contributed by atoms with Crippen LogP contribution in [0.1, 0.15) is 48.5 Å². The standard InChI is InChI=1S/C18H28N2O7/c1-8-25-14(22)13-12(21)11-19(15(23)26-17(2,3)4)9-10-20(13)16(24)27-18(5,6)7/h9-10,13H,8,11H2,1-7H3. The molecule has 0 saturated carbocycles. The first-order chi connectivity index (χ1) is 12.2. The first-order valence-corrected chi connectivity index (χ1v) is 8.64. The highest BCUT2D eigenvalue weighted by atomic mass is 16.6. The topological polar surface area (TPSA) is 102 Å². The molecule has 9 heteroatoms. The lowest BCUT2D eigenvalue weighted by Crippen LogP contribution is -2.50. The molecule has 0 spiro atoms. The van der Waals surface area contributed by atoms with Gasteiger partial charge in [-0.2, -0.15) is 0 Å². The Morgan fingerprint density at radius 3 is 2.00 bits per heavy atom. The Labute approximate surface area is 159 Å². The predicted molar refractivity (Wildman–Crippen MR) is 95.6 cm³/mol. The fourth-order valence-electron chi connectivity index (χ4n) is 2.09. The molecule has 0 aromatic carbocycles. The number of ketones is 1. The zero-order valence-electron chi connectivity index (χ0n) is 16.9. The molecule has 0 aromatic rings. The largest absolute Gasteiger partial charge is 0.464 e. The summed E-state index contributed by atoms with van der Waals surface area (Å²) < 4.78 is 15.4. The van der Waals surface area contributed by atoms with Crippen LogP contribution in [0.25, 0.3) is 0 Å². The lowest BCUT2D eigenvalue weighted by atomic mass is 10.1. The maximum atomic E-state index is 12.7. The van der Waals surface area contributed by atoms with Gasteiger partial charge in [-0.25, -0.2) is 14.4 Å². The quantitative estimate of drug-likeness (QED) is 0.409. The molecule has 0 aliphatic carbocycles. The van der Waals surface area contributed by atoms with Crippen LogP contribution < -0.4 is 0 Å². The number of rotatable bonds is 2. The number of esters is 1. The van der Waals surface area contributed by atoms with Crippen molar-refractivity contribution in [2.75, 3.05) is 13.2 Å². The Kier molecular flexibility index (Phi) is 6.99. The second-order valence-electron chi connectivity index (χ2n) is 7.91. The molecule has 0 radical (unpaired) electrons. The van der Waals surface area contributed by atoms with Crippen LogP contribution in [-0.4, -0.2) is 64.1 Å². The van der Waals surface area contributed by atoms with E-state index < -0.39 is 47.7 Å². The zero-order valence-corrected chi connectivity index (χ0v) is 16.9. The molecule has 27 heavy (non-hydrogen) atoms. The molecule has 0 aromatic heterocycles. The molecule has 1 rings (SSSR count). The summed E-state index contributed by atoms with van der Waals surface area (Å²) >= 11 is 0. The van der Waals surface area contributed by atoms with Crippen molar-refractivity contribution in [1.29, 1.82) is 0 Å². The van der Waals surface area contributed by atoms with Gasteiger partial charge in [-0.1, -0.05) is 0 Å². The molecule has 0 fully saturated rings. The summed E-state index contributed by atoms with van der Waals surface area (Å²) in [5.74, 6) is -1.60. The fraction of sp³-hybridized carbons (Fsp3) is 0.667. The third-order valence-corrected chi connectivity index (χ3v) is 3.06. The molecule has 1 atom stereocenters. The number of nitrogens with zero attached hydrogens (tertiary/aromatic N) is 2. The third-order valence-electron chi connectivity index (χ3n) is 3.06. The van der Waals surface area contributed by atoms with Gasteiger partial charge in [-0.05, 0) is 48.5 Å². The normalized spacial score (nSPS) is 18.0. The minimum atomic E-state index is -1.55. The van der Waals surface area contributed by atoms with Gasteiger partial charge in [0.15, 0.2) is 11.8 Å². The van der Waals surface area contributed by atoms with E-state index in [1.165, 1.54) is 6.20 Å². The van der Waals surface area contributed by atoms with Gasteiger partial charge in [-0.15, -0.1) is 0 Å². The minimum absolute atomic E-state index is 0.0320. The average Bonchev–Trinajstić information content (AvgIpc) is 2.63. The molecular formula is C18H28N2O7. The highest BCUT2D eigenvalue weighted by Gasteiger charge is 2.41. The van der Waals surface area contributed by atoms with Crippen molar-refractivity contribution in [3.05, 3.63) is 12.4 Å². The molecule has 1 unspecified atom stereocenters. The molecule has 1 aliphatic heterocycles. The van der Waals surface area contributed by atoms with Gasteiger partial charge in [0.05, 0.1) is 13.2 Å². The summed E-state index contributed by atoms with van der Waals surface area (Å²) in [6.07, 6.45) is 0.663. The second-order valence-corrected chi connectivity index (χ2v) is 7.91. The Hall–Kier alpha value is -2.58. The highest BCUT2D eigenvalue weighted by molar-refractivity contribution is 6.07. The van der Waals surface area contributed by atoms with Crippen molar-refractivity contribution in [3.63, 3.8) is 0 Å². The number of Topliss-reactive ketones (excluding diaryl/α,β-unsaturated/α-hetero) is 1. The average molecular weight is 384 g/mol. The van der Waals surface area contributed by atoms with E-state index in [4.69, 9.17) is 14.2 Å². The van der Waals surface area contributed by atoms with Gasteiger partial charge >= 0.3 is 18.2 Å². The van der Waals surface area contributed by atoms with E-state index in [9.17, 15) is 19.2 Å². The highest BCUT2D eigenvalue weighted by Crippen LogP contribution is 2.18. The molecule has 2 amide bonds.